The summed E-state index contributed by atoms with van der Waals surface area (Å²) >= 11 is 1.80. The van der Waals surface area contributed by atoms with Gasteiger partial charge < -0.3 is 4.42 Å². The number of rotatable bonds is 9. The Morgan fingerprint density at radius 2 is 1.68 bits per heavy atom. The lowest BCUT2D eigenvalue weighted by atomic mass is 10.1. The summed E-state index contributed by atoms with van der Waals surface area (Å²) in [5.41, 5.74) is 1.73. The van der Waals surface area contributed by atoms with Crippen molar-refractivity contribution < 1.29 is 17.6 Å². The van der Waals surface area contributed by atoms with Crippen molar-refractivity contribution in [2.75, 3.05) is 11.1 Å². The average Bonchev–Trinajstić information content (AvgIpc) is 3.16. The standard InChI is InChI=1S/C22H25N3O4S2/c1-4-31(27,28)19-11-7-16(8-12-19)13-20(26)23-22-25-24-21(29-22)14-17-5-9-18(10-6-17)30-15(2)3/h5-12,15H,4,13-14H2,1-3H3,(H,23,25,26). The van der Waals surface area contributed by atoms with Crippen LogP contribution in [0.2, 0.25) is 0 Å². The smallest absolute Gasteiger partial charge is 0.322 e. The first-order chi connectivity index (χ1) is 14.7. The molecule has 0 saturated carbocycles. The molecular weight excluding hydrogens is 434 g/mol. The Bertz CT molecular complexity index is 1120. The van der Waals surface area contributed by atoms with E-state index in [1.165, 1.54) is 17.0 Å². The Kier molecular flexibility index (Phi) is 7.50. The van der Waals surface area contributed by atoms with Gasteiger partial charge in [-0.25, -0.2) is 8.42 Å². The van der Waals surface area contributed by atoms with Crippen LogP contribution in [0, 0.1) is 0 Å². The number of thioether (sulfide) groups is 1. The lowest BCUT2D eigenvalue weighted by Crippen LogP contribution is -2.14. The van der Waals surface area contributed by atoms with Crippen molar-refractivity contribution in [1.29, 1.82) is 0 Å². The van der Waals surface area contributed by atoms with Crippen LogP contribution in [0.15, 0.2) is 62.7 Å². The zero-order chi connectivity index (χ0) is 22.4. The molecule has 0 aliphatic carbocycles. The third-order valence-corrected chi connectivity index (χ3v) is 7.16. The van der Waals surface area contributed by atoms with E-state index in [2.05, 4.69) is 41.5 Å². The molecule has 1 heterocycles. The SMILES string of the molecule is CCS(=O)(=O)c1ccc(CC(=O)Nc2nnc(Cc3ccc(SC(C)C)cc3)o2)cc1. The number of benzene rings is 2. The number of sulfone groups is 1. The van der Waals surface area contributed by atoms with Crippen LogP contribution in [0.5, 0.6) is 0 Å². The van der Waals surface area contributed by atoms with Crippen molar-refractivity contribution in [1.82, 2.24) is 10.2 Å². The van der Waals surface area contributed by atoms with Gasteiger partial charge in [-0.15, -0.1) is 16.9 Å². The maximum absolute atomic E-state index is 12.3. The monoisotopic (exact) mass is 459 g/mol. The van der Waals surface area contributed by atoms with Crippen molar-refractivity contribution in [2.24, 2.45) is 0 Å². The Morgan fingerprint density at radius 1 is 1.03 bits per heavy atom. The lowest BCUT2D eigenvalue weighted by Gasteiger charge is -2.05. The fourth-order valence-electron chi connectivity index (χ4n) is 2.84. The van der Waals surface area contributed by atoms with Gasteiger partial charge in [-0.05, 0) is 35.4 Å². The Balaban J connectivity index is 1.55. The molecule has 164 valence electrons. The van der Waals surface area contributed by atoms with Gasteiger partial charge >= 0.3 is 6.01 Å². The molecule has 1 aromatic heterocycles. The second-order valence-corrected chi connectivity index (χ2v) is 11.2. The number of hydrogen-bond acceptors (Lipinski definition) is 7. The van der Waals surface area contributed by atoms with E-state index in [1.807, 2.05) is 12.1 Å². The highest BCUT2D eigenvalue weighted by Crippen LogP contribution is 2.23. The van der Waals surface area contributed by atoms with E-state index in [4.69, 9.17) is 4.42 Å². The van der Waals surface area contributed by atoms with Gasteiger partial charge in [-0.1, -0.05) is 50.1 Å². The fraction of sp³-hybridized carbons (Fsp3) is 0.318. The summed E-state index contributed by atoms with van der Waals surface area (Å²) in [6.07, 6.45) is 0.544. The molecule has 0 saturated heterocycles. The van der Waals surface area contributed by atoms with Crippen LogP contribution in [-0.2, 0) is 27.5 Å². The van der Waals surface area contributed by atoms with E-state index in [9.17, 15) is 13.2 Å². The minimum atomic E-state index is -3.26. The van der Waals surface area contributed by atoms with E-state index in [-0.39, 0.29) is 29.0 Å². The van der Waals surface area contributed by atoms with E-state index < -0.39 is 9.84 Å². The Hall–Kier alpha value is -2.65. The molecule has 1 N–H and O–H groups in total. The van der Waals surface area contributed by atoms with Gasteiger partial charge in [0, 0.05) is 10.1 Å². The zero-order valence-electron chi connectivity index (χ0n) is 17.7. The van der Waals surface area contributed by atoms with Crippen molar-refractivity contribution in [3.8, 4) is 0 Å². The van der Waals surface area contributed by atoms with Gasteiger partial charge in [0.05, 0.1) is 23.5 Å². The normalized spacial score (nSPS) is 11.6. The van der Waals surface area contributed by atoms with Gasteiger partial charge in [-0.2, -0.15) is 0 Å². The zero-order valence-corrected chi connectivity index (χ0v) is 19.3. The molecule has 31 heavy (non-hydrogen) atoms. The Morgan fingerprint density at radius 3 is 2.29 bits per heavy atom. The van der Waals surface area contributed by atoms with Gasteiger partial charge in [-0.3, -0.25) is 10.1 Å². The number of hydrogen-bond donors (Lipinski definition) is 1. The molecule has 3 aromatic rings. The summed E-state index contributed by atoms with van der Waals surface area (Å²) in [6, 6.07) is 14.5. The third kappa shape index (κ3) is 6.67. The first-order valence-electron chi connectivity index (χ1n) is 9.94. The quantitative estimate of drug-likeness (QED) is 0.480. The topological polar surface area (TPSA) is 102 Å². The number of amides is 1. The largest absolute Gasteiger partial charge is 0.407 e. The van der Waals surface area contributed by atoms with Crippen LogP contribution in [-0.4, -0.2) is 35.5 Å². The Labute approximate surface area is 186 Å². The van der Waals surface area contributed by atoms with Crippen molar-refractivity contribution in [3.05, 3.63) is 65.5 Å². The van der Waals surface area contributed by atoms with Crippen LogP contribution in [0.3, 0.4) is 0 Å². The van der Waals surface area contributed by atoms with Crippen molar-refractivity contribution >= 4 is 33.5 Å². The highest BCUT2D eigenvalue weighted by atomic mass is 32.2. The molecule has 0 radical (unpaired) electrons. The fourth-order valence-corrected chi connectivity index (χ4v) is 4.56. The molecule has 0 atom stereocenters. The number of carbonyl (C=O) groups is 1. The summed E-state index contributed by atoms with van der Waals surface area (Å²) in [5.74, 6) is 0.123. The third-order valence-electron chi connectivity index (χ3n) is 4.39. The van der Waals surface area contributed by atoms with Crippen LogP contribution < -0.4 is 5.32 Å². The van der Waals surface area contributed by atoms with Crippen molar-refractivity contribution in [2.45, 2.75) is 48.7 Å². The molecule has 0 spiro atoms. The van der Waals surface area contributed by atoms with Crippen molar-refractivity contribution in [3.63, 3.8) is 0 Å². The minimum absolute atomic E-state index is 0.0351. The van der Waals surface area contributed by atoms with Crippen LogP contribution in [0.25, 0.3) is 0 Å². The maximum Gasteiger partial charge on any atom is 0.322 e. The minimum Gasteiger partial charge on any atom is -0.407 e. The number of nitrogens with one attached hydrogen (secondary N) is 1. The molecule has 0 fully saturated rings. The predicted octanol–water partition coefficient (Wildman–Crippen LogP) is 4.14. The van der Waals surface area contributed by atoms with Gasteiger partial charge in [0.1, 0.15) is 0 Å². The second-order valence-electron chi connectivity index (χ2n) is 7.26. The highest BCUT2D eigenvalue weighted by molar-refractivity contribution is 7.99. The van der Waals surface area contributed by atoms with Crippen LogP contribution >= 0.6 is 11.8 Å². The van der Waals surface area contributed by atoms with E-state index in [1.54, 1.807) is 30.8 Å². The van der Waals surface area contributed by atoms with E-state index in [0.29, 0.717) is 23.1 Å². The summed E-state index contributed by atoms with van der Waals surface area (Å²) in [6.45, 7) is 5.90. The molecule has 7 nitrogen and oxygen atoms in total. The molecule has 0 aliphatic rings. The maximum atomic E-state index is 12.3. The van der Waals surface area contributed by atoms with Gasteiger partial charge in [0.15, 0.2) is 9.84 Å². The average molecular weight is 460 g/mol. The summed E-state index contributed by atoms with van der Waals surface area (Å²) in [7, 11) is -3.26. The lowest BCUT2D eigenvalue weighted by molar-refractivity contribution is -0.115. The van der Waals surface area contributed by atoms with E-state index in [0.717, 1.165) is 5.56 Å². The van der Waals surface area contributed by atoms with Crippen LogP contribution in [0.4, 0.5) is 6.01 Å². The molecule has 9 heteroatoms. The second kappa shape index (κ2) is 10.1. The van der Waals surface area contributed by atoms with Crippen LogP contribution in [0.1, 0.15) is 37.8 Å². The highest BCUT2D eigenvalue weighted by Gasteiger charge is 2.14. The molecule has 2 aromatic carbocycles. The molecular formula is C22H25N3O4S2. The summed E-state index contributed by atoms with van der Waals surface area (Å²) < 4.78 is 29.3. The molecule has 1 amide bonds. The molecule has 0 aliphatic heterocycles. The number of nitrogens with zero attached hydrogens (tertiary/aromatic N) is 2. The summed E-state index contributed by atoms with van der Waals surface area (Å²) in [4.78, 5) is 13.7. The number of aromatic nitrogens is 2. The first-order valence-corrected chi connectivity index (χ1v) is 12.5. The van der Waals surface area contributed by atoms with Gasteiger partial charge in [0.25, 0.3) is 0 Å². The van der Waals surface area contributed by atoms with Gasteiger partial charge in [0.2, 0.25) is 11.8 Å². The first kappa shape index (κ1) is 23.0. The predicted molar refractivity (Wildman–Crippen MR) is 121 cm³/mol. The number of anilines is 1. The summed E-state index contributed by atoms with van der Waals surface area (Å²) in [5, 5.41) is 11.0. The molecule has 3 rings (SSSR count). The van der Waals surface area contributed by atoms with E-state index >= 15 is 0 Å². The molecule has 0 unspecified atom stereocenters. The molecule has 0 bridgehead atoms. The number of carbonyl (C=O) groups excluding carboxylic acids is 1.